The van der Waals surface area contributed by atoms with E-state index in [1.54, 1.807) is 19.1 Å². The molecule has 0 saturated heterocycles. The monoisotopic (exact) mass is 343 g/mol. The lowest BCUT2D eigenvalue weighted by Crippen LogP contribution is -2.34. The van der Waals surface area contributed by atoms with E-state index in [4.69, 9.17) is 9.15 Å². The molecule has 0 fully saturated rings. The summed E-state index contributed by atoms with van der Waals surface area (Å²) in [5, 5.41) is 2.19. The van der Waals surface area contributed by atoms with Crippen molar-refractivity contribution in [2.24, 2.45) is 0 Å². The summed E-state index contributed by atoms with van der Waals surface area (Å²) in [5.74, 6) is -1.51. The highest BCUT2D eigenvalue weighted by Crippen LogP contribution is 2.22. The van der Waals surface area contributed by atoms with Crippen LogP contribution >= 0.6 is 0 Å². The van der Waals surface area contributed by atoms with Gasteiger partial charge in [0.15, 0.2) is 6.61 Å². The van der Waals surface area contributed by atoms with Gasteiger partial charge >= 0.3 is 5.97 Å². The van der Waals surface area contributed by atoms with Crippen LogP contribution in [0.3, 0.4) is 0 Å². The second kappa shape index (κ2) is 7.34. The Morgan fingerprint density at radius 3 is 2.24 bits per heavy atom. The van der Waals surface area contributed by atoms with Gasteiger partial charge in [-0.2, -0.15) is 0 Å². The number of furan rings is 1. The van der Waals surface area contributed by atoms with Gasteiger partial charge in [-0.15, -0.1) is 0 Å². The first-order valence-corrected chi connectivity index (χ1v) is 7.84. The van der Waals surface area contributed by atoms with Crippen LogP contribution in [-0.2, 0) is 14.9 Å². The van der Waals surface area contributed by atoms with Crippen LogP contribution in [0, 0.1) is 6.92 Å². The maximum absolute atomic E-state index is 12.1. The van der Waals surface area contributed by atoms with E-state index >= 15 is 0 Å². The van der Waals surface area contributed by atoms with Crippen molar-refractivity contribution in [1.82, 2.24) is 5.32 Å². The van der Waals surface area contributed by atoms with Crippen molar-refractivity contribution in [2.45, 2.75) is 33.1 Å². The standard InChI is InChI=1S/C19H21NO5/c1-12-15(9-10-24-12)18(23)25-11-16(21)20-17(22)13-5-7-14(8-6-13)19(2,3)4/h5-10H,11H2,1-4H3,(H,20,21,22). The van der Waals surface area contributed by atoms with E-state index in [0.29, 0.717) is 11.3 Å². The lowest BCUT2D eigenvalue weighted by Gasteiger charge is -2.18. The summed E-state index contributed by atoms with van der Waals surface area (Å²) in [6.45, 7) is 7.28. The molecule has 0 spiro atoms. The van der Waals surface area contributed by atoms with Gasteiger partial charge in [-0.25, -0.2) is 4.79 Å². The molecule has 2 amide bonds. The maximum atomic E-state index is 12.1. The molecule has 2 rings (SSSR count). The Bertz CT molecular complexity index is 781. The first-order valence-electron chi connectivity index (χ1n) is 7.84. The number of benzene rings is 1. The van der Waals surface area contributed by atoms with E-state index in [1.807, 2.05) is 12.1 Å². The summed E-state index contributed by atoms with van der Waals surface area (Å²) in [5.41, 5.74) is 1.67. The molecule has 1 N–H and O–H groups in total. The van der Waals surface area contributed by atoms with Crippen LogP contribution in [0.4, 0.5) is 0 Å². The molecule has 0 aliphatic heterocycles. The molecular weight excluding hydrogens is 322 g/mol. The smallest absolute Gasteiger partial charge is 0.342 e. The quantitative estimate of drug-likeness (QED) is 0.863. The number of imide groups is 1. The molecule has 1 aromatic heterocycles. The number of esters is 1. The zero-order valence-electron chi connectivity index (χ0n) is 14.7. The number of rotatable bonds is 4. The van der Waals surface area contributed by atoms with Gasteiger partial charge in [-0.05, 0) is 36.1 Å². The van der Waals surface area contributed by atoms with Gasteiger partial charge in [0.2, 0.25) is 0 Å². The molecule has 0 aliphatic rings. The fourth-order valence-corrected chi connectivity index (χ4v) is 2.16. The number of carbonyl (C=O) groups excluding carboxylic acids is 3. The van der Waals surface area contributed by atoms with E-state index in [-0.39, 0.29) is 11.0 Å². The molecule has 132 valence electrons. The highest BCUT2D eigenvalue weighted by atomic mass is 16.5. The fraction of sp³-hybridized carbons (Fsp3) is 0.316. The predicted molar refractivity (Wildman–Crippen MR) is 91.3 cm³/mol. The SMILES string of the molecule is Cc1occc1C(=O)OCC(=O)NC(=O)c1ccc(C(C)(C)C)cc1. The summed E-state index contributed by atoms with van der Waals surface area (Å²) in [6, 6.07) is 8.47. The molecule has 0 atom stereocenters. The third-order valence-electron chi connectivity index (χ3n) is 3.68. The summed E-state index contributed by atoms with van der Waals surface area (Å²) in [4.78, 5) is 35.6. The lowest BCUT2D eigenvalue weighted by molar-refractivity contribution is -0.123. The highest BCUT2D eigenvalue weighted by molar-refractivity contribution is 6.05. The molecule has 0 saturated carbocycles. The number of amides is 2. The van der Waals surface area contributed by atoms with Crippen molar-refractivity contribution in [1.29, 1.82) is 0 Å². The van der Waals surface area contributed by atoms with Crippen molar-refractivity contribution >= 4 is 17.8 Å². The van der Waals surface area contributed by atoms with Gasteiger partial charge < -0.3 is 9.15 Å². The zero-order chi connectivity index (χ0) is 18.6. The van der Waals surface area contributed by atoms with Crippen LogP contribution in [0.25, 0.3) is 0 Å². The van der Waals surface area contributed by atoms with E-state index in [9.17, 15) is 14.4 Å². The Morgan fingerprint density at radius 2 is 1.72 bits per heavy atom. The number of hydrogen-bond donors (Lipinski definition) is 1. The van der Waals surface area contributed by atoms with Crippen molar-refractivity contribution in [3.8, 4) is 0 Å². The number of hydrogen-bond acceptors (Lipinski definition) is 5. The van der Waals surface area contributed by atoms with Crippen LogP contribution < -0.4 is 5.32 Å². The summed E-state index contributed by atoms with van der Waals surface area (Å²) < 4.78 is 9.86. The van der Waals surface area contributed by atoms with E-state index in [1.165, 1.54) is 12.3 Å². The minimum atomic E-state index is -0.695. The third-order valence-corrected chi connectivity index (χ3v) is 3.68. The molecule has 1 heterocycles. The van der Waals surface area contributed by atoms with Crippen molar-refractivity contribution in [3.05, 3.63) is 59.0 Å². The van der Waals surface area contributed by atoms with Crippen molar-refractivity contribution in [2.75, 3.05) is 6.61 Å². The minimum absolute atomic E-state index is 0.0236. The molecule has 6 nitrogen and oxygen atoms in total. The molecule has 0 unspecified atom stereocenters. The lowest BCUT2D eigenvalue weighted by atomic mass is 9.87. The van der Waals surface area contributed by atoms with Gasteiger partial charge in [0.25, 0.3) is 11.8 Å². The van der Waals surface area contributed by atoms with Crippen molar-refractivity contribution < 1.29 is 23.5 Å². The Hall–Kier alpha value is -2.89. The largest absolute Gasteiger partial charge is 0.469 e. The Kier molecular flexibility index (Phi) is 5.41. The second-order valence-electron chi connectivity index (χ2n) is 6.67. The first-order chi connectivity index (χ1) is 11.7. The summed E-state index contributed by atoms with van der Waals surface area (Å²) >= 11 is 0. The maximum Gasteiger partial charge on any atom is 0.342 e. The van der Waals surface area contributed by atoms with Crippen LogP contribution in [0.1, 0.15) is 52.8 Å². The Labute approximate surface area is 146 Å². The minimum Gasteiger partial charge on any atom is -0.469 e. The van der Waals surface area contributed by atoms with Gasteiger partial charge in [0.05, 0.1) is 6.26 Å². The first kappa shape index (κ1) is 18.4. The zero-order valence-corrected chi connectivity index (χ0v) is 14.7. The Morgan fingerprint density at radius 1 is 1.08 bits per heavy atom. The molecule has 1 aromatic carbocycles. The average molecular weight is 343 g/mol. The number of nitrogens with one attached hydrogen (secondary N) is 1. The summed E-state index contributed by atoms with van der Waals surface area (Å²) in [7, 11) is 0. The molecule has 25 heavy (non-hydrogen) atoms. The van der Waals surface area contributed by atoms with E-state index < -0.39 is 24.4 Å². The van der Waals surface area contributed by atoms with Crippen LogP contribution in [0.2, 0.25) is 0 Å². The second-order valence-corrected chi connectivity index (χ2v) is 6.67. The normalized spacial score (nSPS) is 11.0. The predicted octanol–water partition coefficient (Wildman–Crippen LogP) is 3.00. The van der Waals surface area contributed by atoms with E-state index in [0.717, 1.165) is 5.56 Å². The van der Waals surface area contributed by atoms with Crippen LogP contribution in [-0.4, -0.2) is 24.4 Å². The van der Waals surface area contributed by atoms with Crippen LogP contribution in [0.5, 0.6) is 0 Å². The van der Waals surface area contributed by atoms with Crippen LogP contribution in [0.15, 0.2) is 41.0 Å². The topological polar surface area (TPSA) is 85.6 Å². The number of carbonyl (C=O) groups is 3. The van der Waals surface area contributed by atoms with Crippen molar-refractivity contribution in [3.63, 3.8) is 0 Å². The third kappa shape index (κ3) is 4.79. The molecule has 0 radical (unpaired) electrons. The molecular formula is C19H21NO5. The fourth-order valence-electron chi connectivity index (χ4n) is 2.16. The molecule has 0 aliphatic carbocycles. The number of ether oxygens (including phenoxy) is 1. The summed E-state index contributed by atoms with van der Waals surface area (Å²) in [6.07, 6.45) is 1.36. The van der Waals surface area contributed by atoms with Gasteiger partial charge in [0.1, 0.15) is 11.3 Å². The molecule has 2 aromatic rings. The van der Waals surface area contributed by atoms with Gasteiger partial charge in [0, 0.05) is 5.56 Å². The molecule has 0 bridgehead atoms. The van der Waals surface area contributed by atoms with E-state index in [2.05, 4.69) is 26.1 Å². The highest BCUT2D eigenvalue weighted by Gasteiger charge is 2.17. The number of aryl methyl sites for hydroxylation is 1. The average Bonchev–Trinajstić information content (AvgIpc) is 2.98. The Balaban J connectivity index is 1.89. The van der Waals surface area contributed by atoms with Gasteiger partial charge in [-0.3, -0.25) is 14.9 Å². The van der Waals surface area contributed by atoms with Gasteiger partial charge in [-0.1, -0.05) is 32.9 Å². The molecule has 6 heteroatoms.